The highest BCUT2D eigenvalue weighted by Gasteiger charge is 2.19. The van der Waals surface area contributed by atoms with Crippen molar-refractivity contribution < 1.29 is 19.8 Å². The Morgan fingerprint density at radius 3 is 2.67 bits per heavy atom. The van der Waals surface area contributed by atoms with E-state index in [0.717, 1.165) is 9.58 Å². The van der Waals surface area contributed by atoms with Gasteiger partial charge >= 0.3 is 12.2 Å². The first-order chi connectivity index (χ1) is 7.08. The van der Waals surface area contributed by atoms with Crippen LogP contribution in [-0.2, 0) is 6.54 Å². The van der Waals surface area contributed by atoms with Crippen LogP contribution in [0.1, 0.15) is 11.3 Å². The fourth-order valence-corrected chi connectivity index (χ4v) is 1.31. The Balaban J connectivity index is 2.33. The zero-order valence-electron chi connectivity index (χ0n) is 7.49. The summed E-state index contributed by atoms with van der Waals surface area (Å²) in [6, 6.07) is 0. The van der Waals surface area contributed by atoms with E-state index < -0.39 is 12.2 Å². The minimum Gasteiger partial charge on any atom is -0.465 e. The van der Waals surface area contributed by atoms with Crippen molar-refractivity contribution in [3.05, 3.63) is 23.7 Å². The van der Waals surface area contributed by atoms with E-state index in [1.807, 2.05) is 0 Å². The molecule has 0 saturated heterocycles. The number of nitrogens with zero attached hydrogens (tertiary/aromatic N) is 3. The average molecular weight is 209 g/mol. The number of rotatable bonds is 0. The van der Waals surface area contributed by atoms with Crippen LogP contribution in [0.2, 0.25) is 0 Å². The van der Waals surface area contributed by atoms with Crippen LogP contribution in [0.15, 0.2) is 12.4 Å². The van der Waals surface area contributed by atoms with E-state index in [2.05, 4.69) is 5.10 Å². The predicted octanol–water partition coefficient (Wildman–Crippen LogP) is 0.873. The zero-order valence-corrected chi connectivity index (χ0v) is 7.49. The molecule has 2 rings (SSSR count). The SMILES string of the molecule is O=C(O)N1C=Cc2nn(C(=O)O)cc2C1. The largest absolute Gasteiger partial charge is 0.465 e. The van der Waals surface area contributed by atoms with Crippen molar-refractivity contribution in [3.63, 3.8) is 0 Å². The van der Waals surface area contributed by atoms with Crippen molar-refractivity contribution >= 4 is 18.3 Å². The minimum atomic E-state index is -1.19. The molecule has 15 heavy (non-hydrogen) atoms. The summed E-state index contributed by atoms with van der Waals surface area (Å²) in [6.07, 6.45) is 1.84. The molecule has 0 radical (unpaired) electrons. The van der Waals surface area contributed by atoms with Gasteiger partial charge in [-0.2, -0.15) is 9.78 Å². The van der Waals surface area contributed by atoms with Gasteiger partial charge in [0, 0.05) is 18.0 Å². The normalized spacial score (nSPS) is 13.7. The molecule has 1 aromatic heterocycles. The molecular weight excluding hydrogens is 202 g/mol. The van der Waals surface area contributed by atoms with E-state index in [1.54, 1.807) is 0 Å². The van der Waals surface area contributed by atoms with Crippen LogP contribution < -0.4 is 0 Å². The fourth-order valence-electron chi connectivity index (χ4n) is 1.31. The first-order valence-electron chi connectivity index (χ1n) is 4.07. The molecule has 1 aliphatic heterocycles. The standard InChI is InChI=1S/C8H7N3O4/c12-7(13)10-2-1-6-5(3-10)4-11(9-6)8(14)15/h1-2,4H,3H2,(H,12,13)(H,14,15). The molecule has 0 aliphatic carbocycles. The van der Waals surface area contributed by atoms with Gasteiger partial charge in [0.1, 0.15) is 0 Å². The van der Waals surface area contributed by atoms with Crippen molar-refractivity contribution in [2.24, 2.45) is 0 Å². The van der Waals surface area contributed by atoms with E-state index in [4.69, 9.17) is 10.2 Å². The smallest absolute Gasteiger partial charge is 0.432 e. The molecule has 0 spiro atoms. The highest BCUT2D eigenvalue weighted by molar-refractivity contribution is 5.71. The number of carbonyl (C=O) groups is 2. The molecule has 2 heterocycles. The molecule has 2 N–H and O–H groups in total. The van der Waals surface area contributed by atoms with Crippen molar-refractivity contribution in [2.75, 3.05) is 0 Å². The van der Waals surface area contributed by atoms with Gasteiger partial charge < -0.3 is 10.2 Å². The van der Waals surface area contributed by atoms with E-state index >= 15 is 0 Å². The highest BCUT2D eigenvalue weighted by atomic mass is 16.4. The topological polar surface area (TPSA) is 95.7 Å². The third-order valence-electron chi connectivity index (χ3n) is 2.02. The van der Waals surface area contributed by atoms with Crippen LogP contribution in [0.5, 0.6) is 0 Å². The van der Waals surface area contributed by atoms with Crippen LogP contribution in [0.4, 0.5) is 9.59 Å². The second-order valence-electron chi connectivity index (χ2n) is 2.99. The van der Waals surface area contributed by atoms with Gasteiger partial charge in [-0.15, -0.1) is 0 Å². The molecule has 0 aromatic carbocycles. The number of fused-ring (bicyclic) bond motifs is 1. The van der Waals surface area contributed by atoms with Crippen LogP contribution in [0, 0.1) is 0 Å². The molecular formula is C8H7N3O4. The Labute approximate surface area is 83.8 Å². The Morgan fingerprint density at radius 1 is 1.33 bits per heavy atom. The number of amides is 1. The first kappa shape index (κ1) is 9.25. The van der Waals surface area contributed by atoms with Gasteiger partial charge in [-0.3, -0.25) is 4.90 Å². The number of hydrogen-bond donors (Lipinski definition) is 2. The Morgan fingerprint density at radius 2 is 2.07 bits per heavy atom. The molecule has 1 aromatic rings. The molecule has 0 fully saturated rings. The van der Waals surface area contributed by atoms with Gasteiger partial charge in [-0.05, 0) is 6.08 Å². The number of aromatic nitrogens is 2. The van der Waals surface area contributed by atoms with Crippen LogP contribution in [0.25, 0.3) is 6.08 Å². The summed E-state index contributed by atoms with van der Waals surface area (Å²) in [6.45, 7) is 0.119. The summed E-state index contributed by atoms with van der Waals surface area (Å²) in [7, 11) is 0. The second kappa shape index (κ2) is 3.12. The van der Waals surface area contributed by atoms with Crippen molar-refractivity contribution in [1.82, 2.24) is 14.7 Å². The maximum Gasteiger partial charge on any atom is 0.432 e. The van der Waals surface area contributed by atoms with Crippen LogP contribution >= 0.6 is 0 Å². The lowest BCUT2D eigenvalue weighted by Gasteiger charge is -2.16. The summed E-state index contributed by atoms with van der Waals surface area (Å²) in [5, 5.41) is 21.1. The molecule has 1 amide bonds. The number of carboxylic acid groups (broad SMARTS) is 2. The summed E-state index contributed by atoms with van der Waals surface area (Å²) >= 11 is 0. The predicted molar refractivity (Wildman–Crippen MR) is 48.3 cm³/mol. The highest BCUT2D eigenvalue weighted by Crippen LogP contribution is 2.17. The van der Waals surface area contributed by atoms with E-state index in [0.29, 0.717) is 11.3 Å². The molecule has 0 unspecified atom stereocenters. The molecule has 7 heteroatoms. The van der Waals surface area contributed by atoms with Gasteiger partial charge in [0.15, 0.2) is 0 Å². The monoisotopic (exact) mass is 209 g/mol. The van der Waals surface area contributed by atoms with E-state index in [-0.39, 0.29) is 6.54 Å². The van der Waals surface area contributed by atoms with Gasteiger partial charge in [0.05, 0.1) is 12.2 Å². The lowest BCUT2D eigenvalue weighted by molar-refractivity contribution is 0.161. The van der Waals surface area contributed by atoms with E-state index in [1.165, 1.54) is 18.5 Å². The molecule has 0 saturated carbocycles. The quantitative estimate of drug-likeness (QED) is 0.661. The number of hydrogen-bond acceptors (Lipinski definition) is 3. The average Bonchev–Trinajstić information content (AvgIpc) is 2.59. The Hall–Kier alpha value is -2.31. The fraction of sp³-hybridized carbons (Fsp3) is 0.125. The maximum atomic E-state index is 10.6. The van der Waals surface area contributed by atoms with Crippen LogP contribution in [0.3, 0.4) is 0 Å². The van der Waals surface area contributed by atoms with Crippen molar-refractivity contribution in [3.8, 4) is 0 Å². The zero-order chi connectivity index (χ0) is 11.0. The molecule has 0 atom stereocenters. The molecule has 78 valence electrons. The summed E-state index contributed by atoms with van der Waals surface area (Å²) in [4.78, 5) is 22.3. The van der Waals surface area contributed by atoms with Gasteiger partial charge in [0.25, 0.3) is 0 Å². The summed E-state index contributed by atoms with van der Waals surface area (Å²) < 4.78 is 0.764. The van der Waals surface area contributed by atoms with Crippen LogP contribution in [-0.4, -0.2) is 37.1 Å². The summed E-state index contributed by atoms with van der Waals surface area (Å²) in [5.41, 5.74) is 1.05. The lowest BCUT2D eigenvalue weighted by Crippen LogP contribution is -2.24. The Kier molecular flexibility index (Phi) is 1.93. The van der Waals surface area contributed by atoms with Gasteiger partial charge in [0.2, 0.25) is 0 Å². The minimum absolute atomic E-state index is 0.119. The van der Waals surface area contributed by atoms with Gasteiger partial charge in [-0.25, -0.2) is 9.59 Å². The summed E-state index contributed by atoms with van der Waals surface area (Å²) in [5.74, 6) is 0. The third-order valence-corrected chi connectivity index (χ3v) is 2.02. The van der Waals surface area contributed by atoms with Crippen molar-refractivity contribution in [1.29, 1.82) is 0 Å². The maximum absolute atomic E-state index is 10.6. The third kappa shape index (κ3) is 1.54. The van der Waals surface area contributed by atoms with E-state index in [9.17, 15) is 9.59 Å². The second-order valence-corrected chi connectivity index (χ2v) is 2.99. The molecule has 0 bridgehead atoms. The molecule has 1 aliphatic rings. The van der Waals surface area contributed by atoms with Gasteiger partial charge in [-0.1, -0.05) is 0 Å². The Bertz CT molecular complexity index is 462. The lowest BCUT2D eigenvalue weighted by atomic mass is 10.2. The van der Waals surface area contributed by atoms with Crippen molar-refractivity contribution in [2.45, 2.75) is 6.54 Å². The molecule has 7 nitrogen and oxygen atoms in total. The first-order valence-corrected chi connectivity index (χ1v) is 4.07.